The first-order valence-electron chi connectivity index (χ1n) is 6.55. The normalized spacial score (nSPS) is 12.5. The molecule has 0 spiro atoms. The Bertz CT molecular complexity index is 590. The lowest BCUT2D eigenvalue weighted by Crippen LogP contribution is -2.15. The average molecular weight is 274 g/mol. The van der Waals surface area contributed by atoms with Gasteiger partial charge >= 0.3 is 0 Å². The minimum atomic E-state index is -0.0131. The highest BCUT2D eigenvalue weighted by Gasteiger charge is 2.12. The molecule has 1 unspecified atom stereocenters. The molecule has 19 heavy (non-hydrogen) atoms. The van der Waals surface area contributed by atoms with Gasteiger partial charge in [0.2, 0.25) is 0 Å². The third-order valence-electron chi connectivity index (χ3n) is 3.47. The second kappa shape index (κ2) is 5.77. The lowest BCUT2D eigenvalue weighted by molar-refractivity contribution is 0.716. The van der Waals surface area contributed by atoms with Crippen LogP contribution in [0.5, 0.6) is 0 Å². The molecule has 100 valence electrons. The minimum absolute atomic E-state index is 0.0131. The van der Waals surface area contributed by atoms with Gasteiger partial charge in [0.05, 0.1) is 0 Å². The number of halogens is 1. The molecule has 0 aromatic heterocycles. The van der Waals surface area contributed by atoms with Crippen molar-refractivity contribution in [1.29, 1.82) is 0 Å². The van der Waals surface area contributed by atoms with Crippen molar-refractivity contribution in [2.45, 2.75) is 33.2 Å². The third-order valence-corrected chi connectivity index (χ3v) is 3.83. The third kappa shape index (κ3) is 3.37. The molecule has 2 heteroatoms. The molecule has 0 fully saturated rings. The van der Waals surface area contributed by atoms with E-state index in [4.69, 9.17) is 17.3 Å². The first kappa shape index (κ1) is 14.1. The molecule has 2 N–H and O–H groups in total. The first-order chi connectivity index (χ1) is 8.97. The number of rotatable bonds is 3. The van der Waals surface area contributed by atoms with E-state index in [1.807, 2.05) is 13.0 Å². The van der Waals surface area contributed by atoms with Gasteiger partial charge in [-0.25, -0.2) is 0 Å². The highest BCUT2D eigenvalue weighted by atomic mass is 35.5. The number of benzene rings is 2. The Kier molecular flexibility index (Phi) is 4.28. The van der Waals surface area contributed by atoms with E-state index in [-0.39, 0.29) is 6.04 Å². The summed E-state index contributed by atoms with van der Waals surface area (Å²) >= 11 is 6.27. The van der Waals surface area contributed by atoms with Gasteiger partial charge in [0.1, 0.15) is 0 Å². The van der Waals surface area contributed by atoms with Gasteiger partial charge in [-0.3, -0.25) is 0 Å². The van der Waals surface area contributed by atoms with E-state index in [1.54, 1.807) is 0 Å². The highest BCUT2D eigenvalue weighted by molar-refractivity contribution is 6.31. The molecule has 0 bridgehead atoms. The van der Waals surface area contributed by atoms with Gasteiger partial charge in [0, 0.05) is 11.1 Å². The van der Waals surface area contributed by atoms with Gasteiger partial charge in [0.25, 0.3) is 0 Å². The predicted molar refractivity (Wildman–Crippen MR) is 82.7 cm³/mol. The highest BCUT2D eigenvalue weighted by Crippen LogP contribution is 2.25. The Labute approximate surface area is 120 Å². The van der Waals surface area contributed by atoms with Crippen LogP contribution < -0.4 is 5.73 Å². The number of aryl methyl sites for hydroxylation is 3. The zero-order valence-electron chi connectivity index (χ0n) is 11.7. The summed E-state index contributed by atoms with van der Waals surface area (Å²) < 4.78 is 0. The Morgan fingerprint density at radius 2 is 1.63 bits per heavy atom. The van der Waals surface area contributed by atoms with E-state index in [1.165, 1.54) is 22.3 Å². The van der Waals surface area contributed by atoms with Crippen LogP contribution in [0.2, 0.25) is 5.02 Å². The van der Waals surface area contributed by atoms with Crippen molar-refractivity contribution in [3.8, 4) is 0 Å². The summed E-state index contributed by atoms with van der Waals surface area (Å²) in [6.45, 7) is 6.25. The van der Waals surface area contributed by atoms with Crippen molar-refractivity contribution in [3.05, 3.63) is 69.2 Å². The second-order valence-corrected chi connectivity index (χ2v) is 5.67. The van der Waals surface area contributed by atoms with Gasteiger partial charge < -0.3 is 5.73 Å². The molecule has 0 radical (unpaired) electrons. The monoisotopic (exact) mass is 273 g/mol. The minimum Gasteiger partial charge on any atom is -0.324 e. The van der Waals surface area contributed by atoms with Crippen molar-refractivity contribution in [1.82, 2.24) is 0 Å². The molecule has 1 atom stereocenters. The van der Waals surface area contributed by atoms with Gasteiger partial charge in [-0.05, 0) is 55.5 Å². The van der Waals surface area contributed by atoms with Crippen LogP contribution in [-0.4, -0.2) is 0 Å². The van der Waals surface area contributed by atoms with Crippen LogP contribution in [0.1, 0.15) is 33.9 Å². The van der Waals surface area contributed by atoms with Gasteiger partial charge in [-0.1, -0.05) is 47.5 Å². The standard InChI is InChI=1S/C17H20ClN/c1-11-5-7-15(13(3)8-11)17(19)10-14-6-4-12(2)9-16(14)18/h4-9,17H,10,19H2,1-3H3. The SMILES string of the molecule is Cc1ccc(C(N)Cc2ccc(C)cc2Cl)c(C)c1. The van der Waals surface area contributed by atoms with Crippen LogP contribution in [0.4, 0.5) is 0 Å². The maximum Gasteiger partial charge on any atom is 0.0441 e. The molecule has 2 aromatic carbocycles. The largest absolute Gasteiger partial charge is 0.324 e. The summed E-state index contributed by atoms with van der Waals surface area (Å²) in [5.41, 5.74) is 12.3. The smallest absolute Gasteiger partial charge is 0.0441 e. The number of nitrogens with two attached hydrogens (primary N) is 1. The quantitative estimate of drug-likeness (QED) is 0.875. The van der Waals surface area contributed by atoms with E-state index in [2.05, 4.69) is 44.2 Å². The van der Waals surface area contributed by atoms with Crippen LogP contribution in [0.15, 0.2) is 36.4 Å². The van der Waals surface area contributed by atoms with E-state index < -0.39 is 0 Å². The average Bonchev–Trinajstić information content (AvgIpc) is 2.32. The summed E-state index contributed by atoms with van der Waals surface area (Å²) in [6.07, 6.45) is 0.767. The molecular formula is C17H20ClN. The van der Waals surface area contributed by atoms with Crippen LogP contribution >= 0.6 is 11.6 Å². The molecule has 0 aliphatic heterocycles. The maximum absolute atomic E-state index is 6.33. The summed E-state index contributed by atoms with van der Waals surface area (Å²) in [5.74, 6) is 0. The van der Waals surface area contributed by atoms with Crippen molar-refractivity contribution >= 4 is 11.6 Å². The van der Waals surface area contributed by atoms with Gasteiger partial charge in [0.15, 0.2) is 0 Å². The molecule has 2 aromatic rings. The molecule has 0 heterocycles. The van der Waals surface area contributed by atoms with Crippen molar-refractivity contribution in [3.63, 3.8) is 0 Å². The topological polar surface area (TPSA) is 26.0 Å². The van der Waals surface area contributed by atoms with Gasteiger partial charge in [-0.2, -0.15) is 0 Å². The zero-order valence-corrected chi connectivity index (χ0v) is 12.5. The Morgan fingerprint density at radius 3 is 2.26 bits per heavy atom. The van der Waals surface area contributed by atoms with E-state index in [0.29, 0.717) is 0 Å². The van der Waals surface area contributed by atoms with Crippen LogP contribution in [0, 0.1) is 20.8 Å². The lowest BCUT2D eigenvalue weighted by atomic mass is 9.94. The first-order valence-corrected chi connectivity index (χ1v) is 6.93. The summed E-state index contributed by atoms with van der Waals surface area (Å²) in [5, 5.41) is 0.806. The summed E-state index contributed by atoms with van der Waals surface area (Å²) in [6, 6.07) is 12.5. The van der Waals surface area contributed by atoms with Crippen molar-refractivity contribution in [2.24, 2.45) is 5.73 Å². The Balaban J connectivity index is 2.23. The fourth-order valence-corrected chi connectivity index (χ4v) is 2.72. The van der Waals surface area contributed by atoms with E-state index >= 15 is 0 Å². The fraction of sp³-hybridized carbons (Fsp3) is 0.294. The lowest BCUT2D eigenvalue weighted by Gasteiger charge is -2.16. The molecular weight excluding hydrogens is 254 g/mol. The predicted octanol–water partition coefficient (Wildman–Crippen LogP) is 4.51. The van der Waals surface area contributed by atoms with Crippen LogP contribution in [0.25, 0.3) is 0 Å². The Hall–Kier alpha value is -1.31. The molecule has 2 rings (SSSR count). The van der Waals surface area contributed by atoms with E-state index in [0.717, 1.165) is 17.0 Å². The van der Waals surface area contributed by atoms with Gasteiger partial charge in [-0.15, -0.1) is 0 Å². The molecule has 0 saturated carbocycles. The molecule has 0 aliphatic rings. The zero-order chi connectivity index (χ0) is 14.0. The van der Waals surface area contributed by atoms with Crippen LogP contribution in [0.3, 0.4) is 0 Å². The molecule has 0 aliphatic carbocycles. The summed E-state index contributed by atoms with van der Waals surface area (Å²) in [7, 11) is 0. The second-order valence-electron chi connectivity index (χ2n) is 5.27. The van der Waals surface area contributed by atoms with E-state index in [9.17, 15) is 0 Å². The Morgan fingerprint density at radius 1 is 1.00 bits per heavy atom. The molecule has 0 amide bonds. The fourth-order valence-electron chi connectivity index (χ4n) is 2.41. The van der Waals surface area contributed by atoms with Crippen molar-refractivity contribution in [2.75, 3.05) is 0 Å². The number of hydrogen-bond donors (Lipinski definition) is 1. The number of hydrogen-bond acceptors (Lipinski definition) is 1. The maximum atomic E-state index is 6.33. The van der Waals surface area contributed by atoms with Crippen LogP contribution in [-0.2, 0) is 6.42 Å². The van der Waals surface area contributed by atoms with Crippen molar-refractivity contribution < 1.29 is 0 Å². The molecule has 0 saturated heterocycles. The summed E-state index contributed by atoms with van der Waals surface area (Å²) in [4.78, 5) is 0. The molecule has 1 nitrogen and oxygen atoms in total.